The number of ether oxygens (including phenoxy) is 1. The molecule has 1 N–H and O–H groups in total. The second-order valence-corrected chi connectivity index (χ2v) is 4.09. The van der Waals surface area contributed by atoms with Crippen LogP contribution in [-0.2, 0) is 6.61 Å². The highest BCUT2D eigenvalue weighted by atomic mass is 16.5. The summed E-state index contributed by atoms with van der Waals surface area (Å²) < 4.78 is 10.6. The molecule has 0 spiro atoms. The lowest BCUT2D eigenvalue weighted by atomic mass is 10.1. The highest BCUT2D eigenvalue weighted by Crippen LogP contribution is 2.20. The maximum absolute atomic E-state index is 5.60. The van der Waals surface area contributed by atoms with E-state index in [2.05, 4.69) is 29.5 Å². The molecule has 1 aromatic carbocycles. The zero-order chi connectivity index (χ0) is 12.8. The third kappa shape index (κ3) is 3.11. The molecule has 0 saturated carbocycles. The number of hydrogen-bond donors (Lipinski definition) is 1. The Bertz CT molecular complexity index is 447. The summed E-state index contributed by atoms with van der Waals surface area (Å²) in [5.74, 6) is 1.56. The molecule has 2 aromatic rings. The largest absolute Gasteiger partial charge is 0.486 e. The van der Waals surface area contributed by atoms with Gasteiger partial charge in [0.15, 0.2) is 5.76 Å². The minimum absolute atomic E-state index is 0.397. The van der Waals surface area contributed by atoms with Gasteiger partial charge in [-0.2, -0.15) is 0 Å². The molecular formula is C14H18N2O2. The maximum atomic E-state index is 5.60. The summed E-state index contributed by atoms with van der Waals surface area (Å²) in [5, 5.41) is 6.91. The summed E-state index contributed by atoms with van der Waals surface area (Å²) in [6.45, 7) is 2.57. The minimum Gasteiger partial charge on any atom is -0.486 e. The first-order valence-electron chi connectivity index (χ1n) is 6.13. The van der Waals surface area contributed by atoms with Crippen LogP contribution in [-0.4, -0.2) is 12.2 Å². The van der Waals surface area contributed by atoms with Crippen molar-refractivity contribution >= 4 is 0 Å². The van der Waals surface area contributed by atoms with E-state index in [1.54, 1.807) is 12.3 Å². The summed E-state index contributed by atoms with van der Waals surface area (Å²) in [6.07, 6.45) is 2.68. The van der Waals surface area contributed by atoms with Gasteiger partial charge in [0.05, 0.1) is 6.20 Å². The first-order valence-corrected chi connectivity index (χ1v) is 6.13. The average molecular weight is 246 g/mol. The molecule has 0 aliphatic rings. The summed E-state index contributed by atoms with van der Waals surface area (Å²) >= 11 is 0. The zero-order valence-corrected chi connectivity index (χ0v) is 10.7. The van der Waals surface area contributed by atoms with Crippen LogP contribution in [0.2, 0.25) is 0 Å². The lowest BCUT2D eigenvalue weighted by molar-refractivity contribution is 0.249. The molecule has 0 amide bonds. The Balaban J connectivity index is 1.95. The van der Waals surface area contributed by atoms with Crippen LogP contribution in [0.1, 0.15) is 30.7 Å². The number of benzene rings is 1. The molecule has 1 aromatic heterocycles. The normalized spacial score (nSPS) is 12.3. The van der Waals surface area contributed by atoms with E-state index in [1.807, 2.05) is 19.2 Å². The summed E-state index contributed by atoms with van der Waals surface area (Å²) in [6, 6.07) is 10.3. The molecule has 0 aliphatic carbocycles. The van der Waals surface area contributed by atoms with Gasteiger partial charge in [0.2, 0.25) is 0 Å². The van der Waals surface area contributed by atoms with E-state index in [9.17, 15) is 0 Å². The molecule has 0 bridgehead atoms. The fourth-order valence-electron chi connectivity index (χ4n) is 1.87. The van der Waals surface area contributed by atoms with Crippen LogP contribution in [0.4, 0.5) is 0 Å². The molecule has 1 heterocycles. The maximum Gasteiger partial charge on any atom is 0.174 e. The van der Waals surface area contributed by atoms with Crippen molar-refractivity contribution in [2.45, 2.75) is 26.0 Å². The highest BCUT2D eigenvalue weighted by molar-refractivity contribution is 5.29. The molecule has 1 unspecified atom stereocenters. The van der Waals surface area contributed by atoms with Crippen LogP contribution in [0.15, 0.2) is 41.1 Å². The van der Waals surface area contributed by atoms with Crippen molar-refractivity contribution in [3.05, 3.63) is 47.9 Å². The second-order valence-electron chi connectivity index (χ2n) is 4.09. The van der Waals surface area contributed by atoms with Crippen LogP contribution in [0.3, 0.4) is 0 Å². The van der Waals surface area contributed by atoms with E-state index < -0.39 is 0 Å². The molecule has 1 atom stereocenters. The van der Waals surface area contributed by atoms with E-state index in [4.69, 9.17) is 9.26 Å². The molecule has 0 saturated heterocycles. The summed E-state index contributed by atoms with van der Waals surface area (Å²) in [7, 11) is 1.97. The van der Waals surface area contributed by atoms with Gasteiger partial charge in [-0.25, -0.2) is 0 Å². The van der Waals surface area contributed by atoms with Gasteiger partial charge in [0.1, 0.15) is 12.4 Å². The third-order valence-corrected chi connectivity index (χ3v) is 2.91. The van der Waals surface area contributed by atoms with Crippen molar-refractivity contribution in [2.75, 3.05) is 7.05 Å². The Morgan fingerprint density at radius 3 is 2.61 bits per heavy atom. The van der Waals surface area contributed by atoms with Crippen molar-refractivity contribution < 1.29 is 9.26 Å². The van der Waals surface area contributed by atoms with Crippen LogP contribution >= 0.6 is 0 Å². The Labute approximate surface area is 107 Å². The smallest absolute Gasteiger partial charge is 0.174 e. The van der Waals surface area contributed by atoms with Gasteiger partial charge in [-0.05, 0) is 31.2 Å². The van der Waals surface area contributed by atoms with Crippen molar-refractivity contribution in [1.82, 2.24) is 10.5 Å². The Morgan fingerprint density at radius 2 is 2.06 bits per heavy atom. The molecule has 96 valence electrons. The first kappa shape index (κ1) is 12.6. The van der Waals surface area contributed by atoms with E-state index in [0.717, 1.165) is 17.9 Å². The van der Waals surface area contributed by atoms with Gasteiger partial charge in [-0.3, -0.25) is 0 Å². The van der Waals surface area contributed by atoms with E-state index in [0.29, 0.717) is 12.6 Å². The van der Waals surface area contributed by atoms with Crippen LogP contribution in [0, 0.1) is 0 Å². The molecule has 0 aliphatic heterocycles. The van der Waals surface area contributed by atoms with Crippen LogP contribution < -0.4 is 10.1 Å². The second kappa shape index (κ2) is 6.21. The fourth-order valence-corrected chi connectivity index (χ4v) is 1.87. The summed E-state index contributed by atoms with van der Waals surface area (Å²) in [4.78, 5) is 0. The highest BCUT2D eigenvalue weighted by Gasteiger charge is 2.06. The van der Waals surface area contributed by atoms with Gasteiger partial charge in [-0.1, -0.05) is 24.2 Å². The lowest BCUT2D eigenvalue weighted by Gasteiger charge is -2.14. The van der Waals surface area contributed by atoms with Gasteiger partial charge >= 0.3 is 0 Å². The Morgan fingerprint density at radius 1 is 1.28 bits per heavy atom. The van der Waals surface area contributed by atoms with Gasteiger partial charge < -0.3 is 14.6 Å². The van der Waals surface area contributed by atoms with E-state index in [1.165, 1.54) is 5.56 Å². The van der Waals surface area contributed by atoms with E-state index >= 15 is 0 Å². The molecule has 18 heavy (non-hydrogen) atoms. The predicted molar refractivity (Wildman–Crippen MR) is 69.4 cm³/mol. The average Bonchev–Trinajstić information content (AvgIpc) is 2.92. The van der Waals surface area contributed by atoms with Gasteiger partial charge in [-0.15, -0.1) is 0 Å². The molecular weight excluding hydrogens is 228 g/mol. The van der Waals surface area contributed by atoms with Crippen LogP contribution in [0.5, 0.6) is 5.75 Å². The quantitative estimate of drug-likeness (QED) is 0.851. The van der Waals surface area contributed by atoms with Crippen molar-refractivity contribution in [3.63, 3.8) is 0 Å². The van der Waals surface area contributed by atoms with Crippen molar-refractivity contribution in [2.24, 2.45) is 0 Å². The topological polar surface area (TPSA) is 47.3 Å². The number of nitrogens with zero attached hydrogens (tertiary/aromatic N) is 1. The number of nitrogens with one attached hydrogen (secondary N) is 1. The lowest BCUT2D eigenvalue weighted by Crippen LogP contribution is -2.14. The minimum atomic E-state index is 0.397. The Hall–Kier alpha value is -1.81. The molecule has 0 fully saturated rings. The fraction of sp³-hybridized carbons (Fsp3) is 0.357. The number of rotatable bonds is 6. The molecule has 4 heteroatoms. The third-order valence-electron chi connectivity index (χ3n) is 2.91. The number of aromatic nitrogens is 1. The Kier molecular flexibility index (Phi) is 4.36. The monoisotopic (exact) mass is 246 g/mol. The zero-order valence-electron chi connectivity index (χ0n) is 10.7. The predicted octanol–water partition coefficient (Wildman–Crippen LogP) is 2.92. The first-order chi connectivity index (χ1) is 8.83. The van der Waals surface area contributed by atoms with Gasteiger partial charge in [0, 0.05) is 12.1 Å². The SMILES string of the molecule is CCC(NC)c1ccc(OCc2ccno2)cc1. The van der Waals surface area contributed by atoms with Crippen molar-refractivity contribution in [3.8, 4) is 5.75 Å². The van der Waals surface area contributed by atoms with Crippen molar-refractivity contribution in [1.29, 1.82) is 0 Å². The van der Waals surface area contributed by atoms with Gasteiger partial charge in [0.25, 0.3) is 0 Å². The number of hydrogen-bond acceptors (Lipinski definition) is 4. The molecule has 0 radical (unpaired) electrons. The van der Waals surface area contributed by atoms with E-state index in [-0.39, 0.29) is 0 Å². The molecule has 4 nitrogen and oxygen atoms in total. The van der Waals surface area contributed by atoms with Crippen LogP contribution in [0.25, 0.3) is 0 Å². The standard InChI is InChI=1S/C14H18N2O2/c1-3-14(15-2)11-4-6-12(7-5-11)17-10-13-8-9-16-18-13/h4-9,14-15H,3,10H2,1-2H3. The molecule has 2 rings (SSSR count). The summed E-state index contributed by atoms with van der Waals surface area (Å²) in [5.41, 5.74) is 1.27.